The van der Waals surface area contributed by atoms with Crippen molar-refractivity contribution in [2.75, 3.05) is 55.4 Å². The molecule has 0 aromatic carbocycles. The Hall–Kier alpha value is 0.420. The summed E-state index contributed by atoms with van der Waals surface area (Å²) >= 11 is 0. The van der Waals surface area contributed by atoms with Gasteiger partial charge in [0.25, 0.3) is 0 Å². The Kier molecular flexibility index (Phi) is 23.9. The normalized spacial score (nSPS) is 10.3. The van der Waals surface area contributed by atoms with Gasteiger partial charge in [-0.05, 0) is 25.7 Å². The van der Waals surface area contributed by atoms with Crippen molar-refractivity contribution >= 4 is 0 Å². The molecule has 0 atom stereocenters. The van der Waals surface area contributed by atoms with Crippen LogP contribution < -0.4 is 24.8 Å². The fourth-order valence-corrected chi connectivity index (χ4v) is 1.53. The zero-order chi connectivity index (χ0) is 11.2. The molecule has 0 heterocycles. The Balaban J connectivity index is -0.000000141. The first kappa shape index (κ1) is 31.0. The van der Waals surface area contributed by atoms with E-state index in [9.17, 15) is 0 Å². The van der Waals surface area contributed by atoms with Crippen LogP contribution in [0.3, 0.4) is 0 Å². The minimum absolute atomic E-state index is 0. The Morgan fingerprint density at radius 3 is 0.889 bits per heavy atom. The fourth-order valence-electron chi connectivity index (χ4n) is 1.53. The smallest absolute Gasteiger partial charge is 0.0780 e. The van der Waals surface area contributed by atoms with Gasteiger partial charge >= 0.3 is 0 Å². The average molecular weight is 309 g/mol. The molecule has 0 spiro atoms. The quantitative estimate of drug-likeness (QED) is 0.332. The largest absolute Gasteiger partial charge is 1.00 e. The van der Waals surface area contributed by atoms with E-state index in [2.05, 4.69) is 42.3 Å². The predicted molar refractivity (Wildman–Crippen MR) is 71.5 cm³/mol. The molecule has 118 valence electrons. The summed E-state index contributed by atoms with van der Waals surface area (Å²) in [7, 11) is 13.6. The van der Waals surface area contributed by atoms with E-state index in [1.54, 1.807) is 0 Å². The lowest BCUT2D eigenvalue weighted by molar-refractivity contribution is -0.871. The lowest BCUT2D eigenvalue weighted by Gasteiger charge is -2.25. The maximum absolute atomic E-state index is 2.27. The van der Waals surface area contributed by atoms with Crippen LogP contribution in [0.2, 0.25) is 0 Å². The van der Waals surface area contributed by atoms with Gasteiger partial charge in [-0.25, -0.2) is 0 Å². The second-order valence-electron chi connectivity index (χ2n) is 6.44. The van der Waals surface area contributed by atoms with Crippen LogP contribution in [0, 0.1) is 0 Å². The Bertz CT molecular complexity index is 139. The molecule has 0 aromatic heterocycles. The summed E-state index contributed by atoms with van der Waals surface area (Å²) in [5, 5.41) is 0. The van der Waals surface area contributed by atoms with Gasteiger partial charge in [-0.1, -0.05) is 0 Å². The van der Waals surface area contributed by atoms with E-state index in [0.29, 0.717) is 0 Å². The number of rotatable bonds is 7. The highest BCUT2D eigenvalue weighted by Gasteiger charge is 2.07. The summed E-state index contributed by atoms with van der Waals surface area (Å²) in [6, 6.07) is 0. The molecule has 0 amide bonds. The lowest BCUT2D eigenvalue weighted by atomic mass is 10.1. The van der Waals surface area contributed by atoms with Gasteiger partial charge in [0.05, 0.1) is 55.4 Å². The minimum Gasteiger partial charge on any atom is -1.00 e. The van der Waals surface area contributed by atoms with Gasteiger partial charge in [0, 0.05) is 0 Å². The van der Waals surface area contributed by atoms with E-state index in [4.69, 9.17) is 0 Å². The molecular formula is C12H34Cl2N2O2. The van der Waals surface area contributed by atoms with Crippen LogP contribution in [0.1, 0.15) is 25.7 Å². The SMILES string of the molecule is C[N+](C)(C)CCCCCC[N+](C)(C)C.O.O.[Cl-].[Cl-]. The third-order valence-electron chi connectivity index (χ3n) is 2.41. The second-order valence-corrected chi connectivity index (χ2v) is 6.44. The lowest BCUT2D eigenvalue weighted by Crippen LogP contribution is -3.00. The van der Waals surface area contributed by atoms with Crippen molar-refractivity contribution in [2.24, 2.45) is 0 Å². The molecule has 4 nitrogen and oxygen atoms in total. The van der Waals surface area contributed by atoms with Crippen LogP contribution in [0.25, 0.3) is 0 Å². The molecule has 18 heavy (non-hydrogen) atoms. The molecular weight excluding hydrogens is 275 g/mol. The molecule has 0 saturated heterocycles. The Morgan fingerprint density at radius 2 is 0.722 bits per heavy atom. The number of hydrogen-bond acceptors (Lipinski definition) is 0. The number of unbranched alkanes of at least 4 members (excludes halogenated alkanes) is 3. The molecule has 0 unspecified atom stereocenters. The molecule has 0 aliphatic carbocycles. The number of nitrogens with zero attached hydrogens (tertiary/aromatic N) is 2. The van der Waals surface area contributed by atoms with Gasteiger partial charge in [-0.15, -0.1) is 0 Å². The molecule has 0 aliphatic heterocycles. The van der Waals surface area contributed by atoms with Gasteiger partial charge in [-0.3, -0.25) is 0 Å². The molecule has 0 saturated carbocycles. The molecule has 0 aliphatic rings. The van der Waals surface area contributed by atoms with Crippen LogP contribution in [0.15, 0.2) is 0 Å². The minimum atomic E-state index is 0. The zero-order valence-electron chi connectivity index (χ0n) is 12.9. The van der Waals surface area contributed by atoms with Gasteiger partial charge in [-0.2, -0.15) is 0 Å². The first-order chi connectivity index (χ1) is 6.21. The van der Waals surface area contributed by atoms with E-state index in [1.165, 1.54) is 38.8 Å². The van der Waals surface area contributed by atoms with Crippen LogP contribution >= 0.6 is 0 Å². The molecule has 0 fully saturated rings. The highest BCUT2D eigenvalue weighted by Crippen LogP contribution is 2.05. The van der Waals surface area contributed by atoms with Gasteiger partial charge in [0.1, 0.15) is 0 Å². The second kappa shape index (κ2) is 13.8. The van der Waals surface area contributed by atoms with E-state index >= 15 is 0 Å². The first-order valence-electron chi connectivity index (χ1n) is 5.82. The molecule has 0 rings (SSSR count). The number of halogens is 2. The van der Waals surface area contributed by atoms with Crippen LogP contribution in [-0.2, 0) is 0 Å². The van der Waals surface area contributed by atoms with Crippen LogP contribution in [-0.4, -0.2) is 75.3 Å². The molecule has 0 bridgehead atoms. The monoisotopic (exact) mass is 308 g/mol. The first-order valence-corrected chi connectivity index (χ1v) is 5.82. The zero-order valence-corrected chi connectivity index (χ0v) is 14.4. The van der Waals surface area contributed by atoms with Crippen molar-refractivity contribution < 1.29 is 44.7 Å². The van der Waals surface area contributed by atoms with Crippen LogP contribution in [0.5, 0.6) is 0 Å². The molecule has 4 N–H and O–H groups in total. The van der Waals surface area contributed by atoms with Crippen molar-refractivity contribution in [3.63, 3.8) is 0 Å². The highest BCUT2D eigenvalue weighted by atomic mass is 35.5. The summed E-state index contributed by atoms with van der Waals surface area (Å²) in [5.41, 5.74) is 0. The van der Waals surface area contributed by atoms with Crippen molar-refractivity contribution in [1.82, 2.24) is 0 Å². The Labute approximate surface area is 126 Å². The van der Waals surface area contributed by atoms with Gasteiger partial charge in [0.15, 0.2) is 0 Å². The number of hydrogen-bond donors (Lipinski definition) is 0. The standard InChI is InChI=1S/C12H30N2.2ClH.2H2O/c1-13(2,3)11-9-7-8-10-12-14(4,5)6;;;;/h7-12H2,1-6H3;2*1H;2*1H2/q+2;;;;/p-2. The van der Waals surface area contributed by atoms with Crippen molar-refractivity contribution in [3.8, 4) is 0 Å². The fraction of sp³-hybridized carbons (Fsp3) is 1.00. The topological polar surface area (TPSA) is 63.0 Å². The summed E-state index contributed by atoms with van der Waals surface area (Å²) in [5.74, 6) is 0. The Morgan fingerprint density at radius 1 is 0.500 bits per heavy atom. The van der Waals surface area contributed by atoms with Crippen molar-refractivity contribution in [2.45, 2.75) is 25.7 Å². The van der Waals surface area contributed by atoms with Gasteiger partial charge in [0.2, 0.25) is 0 Å². The number of quaternary nitrogens is 2. The average Bonchev–Trinajstić information content (AvgIpc) is 1.92. The van der Waals surface area contributed by atoms with Crippen LogP contribution in [0.4, 0.5) is 0 Å². The van der Waals surface area contributed by atoms with Crippen molar-refractivity contribution in [1.29, 1.82) is 0 Å². The maximum atomic E-state index is 2.27. The van der Waals surface area contributed by atoms with E-state index in [-0.39, 0.29) is 35.8 Å². The maximum Gasteiger partial charge on any atom is 0.0780 e. The molecule has 6 heteroatoms. The summed E-state index contributed by atoms with van der Waals surface area (Å²) in [6.45, 7) is 2.62. The van der Waals surface area contributed by atoms with Crippen molar-refractivity contribution in [3.05, 3.63) is 0 Å². The summed E-state index contributed by atoms with van der Waals surface area (Å²) in [6.07, 6.45) is 5.55. The molecule has 0 aromatic rings. The van der Waals surface area contributed by atoms with E-state index in [1.807, 2.05) is 0 Å². The van der Waals surface area contributed by atoms with E-state index < -0.39 is 0 Å². The highest BCUT2D eigenvalue weighted by molar-refractivity contribution is 4.42. The third kappa shape index (κ3) is 29.9. The third-order valence-corrected chi connectivity index (χ3v) is 2.41. The predicted octanol–water partition coefficient (Wildman–Crippen LogP) is -5.68. The molecule has 0 radical (unpaired) electrons. The van der Waals surface area contributed by atoms with Gasteiger partial charge < -0.3 is 44.7 Å². The summed E-state index contributed by atoms with van der Waals surface area (Å²) < 4.78 is 2.21. The summed E-state index contributed by atoms with van der Waals surface area (Å²) in [4.78, 5) is 0. The van der Waals surface area contributed by atoms with E-state index in [0.717, 1.165) is 8.97 Å².